The molecule has 2 aromatic rings. The minimum atomic E-state index is -3.76. The number of ether oxygens (including phenoxy) is 2. The van der Waals surface area contributed by atoms with Gasteiger partial charge in [0.05, 0.1) is 12.0 Å². The van der Waals surface area contributed by atoms with Crippen molar-refractivity contribution >= 4 is 27.8 Å². The molecule has 0 amide bonds. The van der Waals surface area contributed by atoms with Gasteiger partial charge in [0, 0.05) is 0 Å². The number of rotatable bonds is 11. The van der Waals surface area contributed by atoms with E-state index in [1.54, 1.807) is 38.1 Å². The first kappa shape index (κ1) is 25.1. The number of carbonyl (C=O) groups excluding carboxylic acids is 2. The summed E-state index contributed by atoms with van der Waals surface area (Å²) in [4.78, 5) is 25.5. The van der Waals surface area contributed by atoms with Crippen molar-refractivity contribution in [2.75, 3.05) is 6.26 Å². The fourth-order valence-electron chi connectivity index (χ4n) is 2.69. The Morgan fingerprint density at radius 2 is 1.31 bits per heavy atom. The van der Waals surface area contributed by atoms with Gasteiger partial charge < -0.3 is 9.47 Å². The Kier molecular flexibility index (Phi) is 9.39. The summed E-state index contributed by atoms with van der Waals surface area (Å²) in [7, 11) is -3.76. The summed E-state index contributed by atoms with van der Waals surface area (Å²) >= 11 is 0. The van der Waals surface area contributed by atoms with E-state index in [1.807, 2.05) is 36.4 Å². The second-order valence-electron chi connectivity index (χ2n) is 7.39. The molecule has 0 radical (unpaired) electrons. The van der Waals surface area contributed by atoms with Gasteiger partial charge in [0.1, 0.15) is 13.2 Å². The molecular weight excluding hydrogens is 434 g/mol. The number of benzene rings is 2. The maximum absolute atomic E-state index is 12.8. The van der Waals surface area contributed by atoms with Crippen LogP contribution in [0.3, 0.4) is 0 Å². The molecule has 8 nitrogen and oxygen atoms in total. The van der Waals surface area contributed by atoms with Crippen LogP contribution in [0, 0.1) is 11.8 Å². The first-order valence-corrected chi connectivity index (χ1v) is 11.8. The molecule has 0 aliphatic rings. The van der Waals surface area contributed by atoms with E-state index in [1.165, 1.54) is 0 Å². The molecule has 0 saturated heterocycles. The van der Waals surface area contributed by atoms with Crippen LogP contribution in [0.25, 0.3) is 0 Å². The van der Waals surface area contributed by atoms with Crippen LogP contribution in [0.1, 0.15) is 31.4 Å². The Balaban J connectivity index is 2.09. The van der Waals surface area contributed by atoms with Gasteiger partial charge in [-0.1, -0.05) is 72.7 Å². The first-order valence-electron chi connectivity index (χ1n) is 10.00. The summed E-state index contributed by atoms with van der Waals surface area (Å²) in [6, 6.07) is 18.2. The predicted octanol–water partition coefficient (Wildman–Crippen LogP) is 3.47. The fourth-order valence-corrected chi connectivity index (χ4v) is 2.94. The van der Waals surface area contributed by atoms with Crippen LogP contribution >= 0.6 is 0 Å². The van der Waals surface area contributed by atoms with Gasteiger partial charge in [-0.2, -0.15) is 8.42 Å². The molecule has 32 heavy (non-hydrogen) atoms. The quantitative estimate of drug-likeness (QED) is 0.218. The summed E-state index contributed by atoms with van der Waals surface area (Å²) < 4.78 is 37.5. The van der Waals surface area contributed by atoms with Gasteiger partial charge in [-0.15, -0.1) is 0 Å². The average molecular weight is 462 g/mol. The lowest BCUT2D eigenvalue weighted by molar-refractivity contribution is -0.164. The maximum atomic E-state index is 12.8. The molecule has 1 atom stereocenters. The SMILES string of the molecule is C/C(=N\OS(C)(=O)=O)C(C)CC(C(=O)OCc1ccccc1)C(=O)OCc1ccccc1. The molecule has 2 aromatic carbocycles. The molecule has 9 heteroatoms. The van der Waals surface area contributed by atoms with Crippen molar-refractivity contribution in [1.82, 2.24) is 0 Å². The molecule has 0 fully saturated rings. The van der Waals surface area contributed by atoms with E-state index in [2.05, 4.69) is 9.44 Å². The highest BCUT2D eigenvalue weighted by Crippen LogP contribution is 2.19. The minimum Gasteiger partial charge on any atom is -0.460 e. The number of hydrogen-bond acceptors (Lipinski definition) is 8. The third-order valence-electron chi connectivity index (χ3n) is 4.64. The van der Waals surface area contributed by atoms with Crippen molar-refractivity contribution < 1.29 is 31.8 Å². The molecule has 0 spiro atoms. The Labute approximate surface area is 188 Å². The molecule has 0 N–H and O–H groups in total. The molecule has 2 rings (SSSR count). The zero-order valence-corrected chi connectivity index (χ0v) is 19.1. The second kappa shape index (κ2) is 12.0. The van der Waals surface area contributed by atoms with E-state index < -0.39 is 33.9 Å². The van der Waals surface area contributed by atoms with Crippen molar-refractivity contribution in [3.05, 3.63) is 71.8 Å². The second-order valence-corrected chi connectivity index (χ2v) is 8.94. The van der Waals surface area contributed by atoms with Gasteiger partial charge in [0.15, 0.2) is 5.92 Å². The largest absolute Gasteiger partial charge is 0.460 e. The van der Waals surface area contributed by atoms with E-state index in [4.69, 9.17) is 9.47 Å². The normalized spacial score (nSPS) is 12.8. The Hall–Kier alpha value is -3.20. The van der Waals surface area contributed by atoms with Crippen molar-refractivity contribution in [2.45, 2.75) is 33.5 Å². The predicted molar refractivity (Wildman–Crippen MR) is 119 cm³/mol. The van der Waals surface area contributed by atoms with Crippen LogP contribution in [-0.2, 0) is 46.7 Å². The molecule has 0 aliphatic heterocycles. The minimum absolute atomic E-state index is 0.0147. The average Bonchev–Trinajstić information content (AvgIpc) is 2.78. The summed E-state index contributed by atoms with van der Waals surface area (Å²) in [6.07, 6.45) is 0.892. The molecule has 0 aromatic heterocycles. The standard InChI is InChI=1S/C23H27NO7S/c1-17(18(2)24-31-32(3,27)28)14-21(22(25)29-15-19-10-6-4-7-11-19)23(26)30-16-20-12-8-5-9-13-20/h4-13,17,21H,14-16H2,1-3H3/b24-18+. The highest BCUT2D eigenvalue weighted by atomic mass is 32.2. The van der Waals surface area contributed by atoms with Crippen molar-refractivity contribution in [3.8, 4) is 0 Å². The number of oxime groups is 1. The van der Waals surface area contributed by atoms with E-state index in [0.717, 1.165) is 17.4 Å². The first-order chi connectivity index (χ1) is 15.2. The lowest BCUT2D eigenvalue weighted by Crippen LogP contribution is -2.31. The van der Waals surface area contributed by atoms with Gasteiger partial charge in [0.25, 0.3) is 0 Å². The van der Waals surface area contributed by atoms with E-state index in [-0.39, 0.29) is 19.6 Å². The van der Waals surface area contributed by atoms with Gasteiger partial charge in [0.2, 0.25) is 0 Å². The van der Waals surface area contributed by atoms with Gasteiger partial charge in [-0.3, -0.25) is 13.9 Å². The Bertz CT molecular complexity index is 965. The number of esters is 2. The highest BCUT2D eigenvalue weighted by molar-refractivity contribution is 7.85. The van der Waals surface area contributed by atoms with Crippen molar-refractivity contribution in [1.29, 1.82) is 0 Å². The zero-order valence-electron chi connectivity index (χ0n) is 18.3. The number of carbonyl (C=O) groups is 2. The van der Waals surface area contributed by atoms with Gasteiger partial charge >= 0.3 is 22.1 Å². The summed E-state index contributed by atoms with van der Waals surface area (Å²) in [5.74, 6) is -3.11. The van der Waals surface area contributed by atoms with E-state index in [9.17, 15) is 18.0 Å². The summed E-state index contributed by atoms with van der Waals surface area (Å²) in [5, 5.41) is 3.58. The topological polar surface area (TPSA) is 108 Å². The van der Waals surface area contributed by atoms with E-state index in [0.29, 0.717) is 5.71 Å². The molecular formula is C23H27NO7S. The lowest BCUT2D eigenvalue weighted by Gasteiger charge is -2.19. The molecule has 172 valence electrons. The van der Waals surface area contributed by atoms with Crippen LogP contribution in [-0.4, -0.2) is 32.3 Å². The summed E-state index contributed by atoms with van der Waals surface area (Å²) in [6.45, 7) is 3.28. The van der Waals surface area contributed by atoms with Crippen molar-refractivity contribution in [2.24, 2.45) is 17.0 Å². The van der Waals surface area contributed by atoms with Crippen molar-refractivity contribution in [3.63, 3.8) is 0 Å². The zero-order chi connectivity index (χ0) is 23.6. The third-order valence-corrected chi connectivity index (χ3v) is 4.98. The lowest BCUT2D eigenvalue weighted by atomic mass is 9.93. The molecule has 0 heterocycles. The Morgan fingerprint density at radius 3 is 1.72 bits per heavy atom. The van der Waals surface area contributed by atoms with E-state index >= 15 is 0 Å². The van der Waals surface area contributed by atoms with Crippen LogP contribution in [0.4, 0.5) is 0 Å². The molecule has 1 unspecified atom stereocenters. The fraction of sp³-hybridized carbons (Fsp3) is 0.348. The Morgan fingerprint density at radius 1 is 0.875 bits per heavy atom. The van der Waals surface area contributed by atoms with Gasteiger partial charge in [-0.25, -0.2) is 0 Å². The van der Waals surface area contributed by atoms with Crippen LogP contribution in [0.15, 0.2) is 65.8 Å². The number of hydrogen-bond donors (Lipinski definition) is 0. The van der Waals surface area contributed by atoms with Crippen LogP contribution in [0.2, 0.25) is 0 Å². The maximum Gasteiger partial charge on any atom is 0.325 e. The van der Waals surface area contributed by atoms with Crippen LogP contribution < -0.4 is 0 Å². The van der Waals surface area contributed by atoms with Crippen LogP contribution in [0.5, 0.6) is 0 Å². The smallest absolute Gasteiger partial charge is 0.325 e. The molecule has 0 saturated carbocycles. The molecule has 0 bridgehead atoms. The monoisotopic (exact) mass is 461 g/mol. The molecule has 0 aliphatic carbocycles. The van der Waals surface area contributed by atoms with Gasteiger partial charge in [-0.05, 0) is 30.4 Å². The summed E-state index contributed by atoms with van der Waals surface area (Å²) in [5.41, 5.74) is 1.88. The third kappa shape index (κ3) is 8.89. The highest BCUT2D eigenvalue weighted by Gasteiger charge is 2.32. The number of nitrogens with zero attached hydrogens (tertiary/aromatic N) is 1.